The summed E-state index contributed by atoms with van der Waals surface area (Å²) in [6.45, 7) is 0. The average molecular weight is 327 g/mol. The predicted octanol–water partition coefficient (Wildman–Crippen LogP) is 3.23. The van der Waals surface area contributed by atoms with E-state index in [0.29, 0.717) is 17.2 Å². The van der Waals surface area contributed by atoms with Crippen LogP contribution >= 0.6 is 27.7 Å². The fraction of sp³-hybridized carbons (Fsp3) is 0.500. The lowest BCUT2D eigenvalue weighted by molar-refractivity contribution is 0.546. The van der Waals surface area contributed by atoms with Crippen molar-refractivity contribution < 1.29 is 0 Å². The second kappa shape index (κ2) is 4.74. The highest BCUT2D eigenvalue weighted by molar-refractivity contribution is 9.10. The molecule has 0 radical (unpaired) electrons. The molecule has 1 fully saturated rings. The van der Waals surface area contributed by atoms with Crippen LogP contribution in [-0.2, 0) is 0 Å². The maximum atomic E-state index is 6.09. The van der Waals surface area contributed by atoms with Crippen molar-refractivity contribution in [3.05, 3.63) is 16.7 Å². The lowest BCUT2D eigenvalue weighted by Gasteiger charge is -2.20. The number of hydrogen-bond donors (Lipinski definition) is 1. The standard InChI is InChI=1S/C12H15BrN4S/c1-18-10-4-2-3-9(10)17-11-8(16-12(17)14)5-7(13)6-15-11/h5-6,9-10H,2-4H2,1H3,(H2,14,16). The highest BCUT2D eigenvalue weighted by Gasteiger charge is 2.30. The summed E-state index contributed by atoms with van der Waals surface area (Å²) < 4.78 is 3.06. The van der Waals surface area contributed by atoms with Crippen molar-refractivity contribution >= 4 is 44.8 Å². The van der Waals surface area contributed by atoms with E-state index in [4.69, 9.17) is 5.73 Å². The first-order chi connectivity index (χ1) is 8.70. The van der Waals surface area contributed by atoms with E-state index in [9.17, 15) is 0 Å². The highest BCUT2D eigenvalue weighted by atomic mass is 79.9. The zero-order chi connectivity index (χ0) is 12.7. The number of imidazole rings is 1. The van der Waals surface area contributed by atoms with Gasteiger partial charge in [0.2, 0.25) is 5.95 Å². The van der Waals surface area contributed by atoms with Crippen LogP contribution in [0.25, 0.3) is 11.2 Å². The maximum absolute atomic E-state index is 6.09. The molecule has 1 saturated carbocycles. The minimum atomic E-state index is 0.429. The number of nitrogens with two attached hydrogens (primary N) is 1. The Morgan fingerprint density at radius 2 is 2.33 bits per heavy atom. The predicted molar refractivity (Wildman–Crippen MR) is 79.8 cm³/mol. The van der Waals surface area contributed by atoms with E-state index in [1.807, 2.05) is 24.0 Å². The number of halogens is 1. The minimum absolute atomic E-state index is 0.429. The molecule has 0 amide bonds. The Morgan fingerprint density at radius 1 is 1.50 bits per heavy atom. The fourth-order valence-electron chi connectivity index (χ4n) is 2.78. The monoisotopic (exact) mass is 326 g/mol. The molecular formula is C12H15BrN4S. The minimum Gasteiger partial charge on any atom is -0.369 e. The van der Waals surface area contributed by atoms with Gasteiger partial charge in [-0.3, -0.25) is 4.57 Å². The van der Waals surface area contributed by atoms with Gasteiger partial charge in [-0.2, -0.15) is 11.8 Å². The van der Waals surface area contributed by atoms with Crippen molar-refractivity contribution in [1.29, 1.82) is 0 Å². The normalized spacial score (nSPS) is 23.9. The van der Waals surface area contributed by atoms with Crippen LogP contribution in [0.1, 0.15) is 25.3 Å². The molecule has 6 heteroatoms. The molecular weight excluding hydrogens is 312 g/mol. The van der Waals surface area contributed by atoms with Gasteiger partial charge in [0.15, 0.2) is 5.65 Å². The molecule has 0 spiro atoms. The van der Waals surface area contributed by atoms with Crippen LogP contribution in [0.5, 0.6) is 0 Å². The van der Waals surface area contributed by atoms with E-state index in [0.717, 1.165) is 15.6 Å². The van der Waals surface area contributed by atoms with Crippen LogP contribution in [0, 0.1) is 0 Å². The number of thioether (sulfide) groups is 1. The largest absolute Gasteiger partial charge is 0.369 e. The van der Waals surface area contributed by atoms with Gasteiger partial charge in [0.1, 0.15) is 5.52 Å². The van der Waals surface area contributed by atoms with E-state index < -0.39 is 0 Å². The third kappa shape index (κ3) is 1.91. The quantitative estimate of drug-likeness (QED) is 0.920. The van der Waals surface area contributed by atoms with E-state index in [1.165, 1.54) is 19.3 Å². The van der Waals surface area contributed by atoms with Crippen LogP contribution in [0.4, 0.5) is 5.95 Å². The average Bonchev–Trinajstić information content (AvgIpc) is 2.90. The van der Waals surface area contributed by atoms with Crippen molar-refractivity contribution in [2.75, 3.05) is 12.0 Å². The zero-order valence-corrected chi connectivity index (χ0v) is 12.5. The summed E-state index contributed by atoms with van der Waals surface area (Å²) in [7, 11) is 0. The SMILES string of the molecule is CSC1CCCC1n1c(N)nc2cc(Br)cnc21. The molecule has 2 heterocycles. The summed E-state index contributed by atoms with van der Waals surface area (Å²) in [5, 5.41) is 0.621. The fourth-order valence-corrected chi connectivity index (χ4v) is 4.07. The number of aromatic nitrogens is 3. The molecule has 2 aromatic rings. The van der Waals surface area contributed by atoms with Crippen LogP contribution in [0.15, 0.2) is 16.7 Å². The molecule has 2 N–H and O–H groups in total. The molecule has 1 aliphatic rings. The summed E-state index contributed by atoms with van der Waals surface area (Å²) in [5.41, 5.74) is 7.86. The number of nitrogens with zero attached hydrogens (tertiary/aromatic N) is 3. The number of pyridine rings is 1. The van der Waals surface area contributed by atoms with Gasteiger partial charge in [-0.25, -0.2) is 9.97 Å². The zero-order valence-electron chi connectivity index (χ0n) is 10.1. The summed E-state index contributed by atoms with van der Waals surface area (Å²) in [6.07, 6.45) is 7.65. The smallest absolute Gasteiger partial charge is 0.202 e. The number of nitrogen functional groups attached to an aromatic ring is 1. The Hall–Kier alpha value is -0.750. The van der Waals surface area contributed by atoms with E-state index in [-0.39, 0.29) is 0 Å². The third-order valence-corrected chi connectivity index (χ3v) is 5.17. The Labute approximate surface area is 118 Å². The molecule has 0 aliphatic heterocycles. The van der Waals surface area contributed by atoms with Crippen molar-refractivity contribution in [2.45, 2.75) is 30.6 Å². The van der Waals surface area contributed by atoms with Gasteiger partial charge in [0, 0.05) is 15.9 Å². The van der Waals surface area contributed by atoms with Crippen LogP contribution < -0.4 is 5.73 Å². The Bertz CT molecular complexity index is 583. The molecule has 0 saturated heterocycles. The molecule has 2 atom stereocenters. The van der Waals surface area contributed by atoms with Gasteiger partial charge >= 0.3 is 0 Å². The summed E-state index contributed by atoms with van der Waals surface area (Å²) in [5.74, 6) is 0.585. The summed E-state index contributed by atoms with van der Waals surface area (Å²) >= 11 is 5.34. The Kier molecular flexibility index (Phi) is 3.23. The van der Waals surface area contributed by atoms with Gasteiger partial charge in [-0.1, -0.05) is 6.42 Å². The van der Waals surface area contributed by atoms with Gasteiger partial charge in [0.25, 0.3) is 0 Å². The first-order valence-corrected chi connectivity index (χ1v) is 8.10. The number of anilines is 1. The second-order valence-electron chi connectivity index (χ2n) is 4.61. The molecule has 2 unspecified atom stereocenters. The third-order valence-electron chi connectivity index (χ3n) is 3.58. The van der Waals surface area contributed by atoms with E-state index in [2.05, 4.69) is 36.7 Å². The number of hydrogen-bond acceptors (Lipinski definition) is 4. The lowest BCUT2D eigenvalue weighted by atomic mass is 10.2. The molecule has 1 aliphatic carbocycles. The van der Waals surface area contributed by atoms with Gasteiger partial charge in [0.05, 0.1) is 6.04 Å². The van der Waals surface area contributed by atoms with E-state index >= 15 is 0 Å². The summed E-state index contributed by atoms with van der Waals surface area (Å²) in [6, 6.07) is 2.40. The van der Waals surface area contributed by atoms with Gasteiger partial charge < -0.3 is 5.73 Å². The van der Waals surface area contributed by atoms with Gasteiger partial charge in [-0.15, -0.1) is 0 Å². The lowest BCUT2D eigenvalue weighted by Crippen LogP contribution is -2.18. The second-order valence-corrected chi connectivity index (χ2v) is 6.60. The van der Waals surface area contributed by atoms with Crippen molar-refractivity contribution in [2.24, 2.45) is 0 Å². The molecule has 3 rings (SSSR count). The Balaban J connectivity index is 2.13. The Morgan fingerprint density at radius 3 is 3.11 bits per heavy atom. The van der Waals surface area contributed by atoms with Crippen LogP contribution in [0.3, 0.4) is 0 Å². The van der Waals surface area contributed by atoms with Crippen molar-refractivity contribution in [3.63, 3.8) is 0 Å². The first kappa shape index (κ1) is 12.3. The molecule has 0 aromatic carbocycles. The maximum Gasteiger partial charge on any atom is 0.202 e. The molecule has 18 heavy (non-hydrogen) atoms. The molecule has 4 nitrogen and oxygen atoms in total. The number of fused-ring (bicyclic) bond motifs is 1. The van der Waals surface area contributed by atoms with Gasteiger partial charge in [-0.05, 0) is 41.1 Å². The molecule has 0 bridgehead atoms. The topological polar surface area (TPSA) is 56.7 Å². The highest BCUT2D eigenvalue weighted by Crippen LogP contribution is 2.40. The van der Waals surface area contributed by atoms with Crippen molar-refractivity contribution in [1.82, 2.24) is 14.5 Å². The number of rotatable bonds is 2. The molecule has 96 valence electrons. The van der Waals surface area contributed by atoms with E-state index in [1.54, 1.807) is 0 Å². The van der Waals surface area contributed by atoms with Crippen molar-refractivity contribution in [3.8, 4) is 0 Å². The van der Waals surface area contributed by atoms with Crippen LogP contribution in [-0.4, -0.2) is 26.0 Å². The summed E-state index contributed by atoms with van der Waals surface area (Å²) in [4.78, 5) is 8.91. The molecule has 2 aromatic heterocycles. The van der Waals surface area contributed by atoms with Crippen LogP contribution in [0.2, 0.25) is 0 Å². The first-order valence-electron chi connectivity index (χ1n) is 6.02.